The molecular formula is C13H15F4N3O. The summed E-state index contributed by atoms with van der Waals surface area (Å²) >= 11 is 0. The van der Waals surface area contributed by atoms with Crippen LogP contribution in [0.15, 0.2) is 18.3 Å². The van der Waals surface area contributed by atoms with Crippen molar-refractivity contribution in [2.75, 3.05) is 20.1 Å². The number of aromatic nitrogens is 1. The van der Waals surface area contributed by atoms with Gasteiger partial charge in [0.05, 0.1) is 18.4 Å². The molecule has 116 valence electrons. The Balaban J connectivity index is 2.29. The smallest absolute Gasteiger partial charge is 0.320 e. The molecule has 1 amide bonds. The summed E-state index contributed by atoms with van der Waals surface area (Å²) < 4.78 is 53.0. The van der Waals surface area contributed by atoms with Gasteiger partial charge in [-0.15, -0.1) is 0 Å². The van der Waals surface area contributed by atoms with Crippen molar-refractivity contribution in [2.45, 2.75) is 25.2 Å². The van der Waals surface area contributed by atoms with Crippen LogP contribution in [0.5, 0.6) is 0 Å². The number of halogens is 4. The highest BCUT2D eigenvalue weighted by atomic mass is 19.4. The topological polar surface area (TPSA) is 36.4 Å². The number of carbonyl (C=O) groups is 1. The Kier molecular flexibility index (Phi) is 3.92. The van der Waals surface area contributed by atoms with Gasteiger partial charge in [0.25, 0.3) is 0 Å². The third-order valence-electron chi connectivity index (χ3n) is 3.60. The van der Waals surface area contributed by atoms with Crippen LogP contribution >= 0.6 is 0 Å². The third kappa shape index (κ3) is 2.85. The number of rotatable bonds is 3. The number of hydrogen-bond donors (Lipinski definition) is 0. The summed E-state index contributed by atoms with van der Waals surface area (Å²) in [6.45, 7) is 0.229. The Morgan fingerprint density at radius 1 is 1.43 bits per heavy atom. The molecule has 0 bridgehead atoms. The van der Waals surface area contributed by atoms with Gasteiger partial charge in [0.15, 0.2) is 5.54 Å². The van der Waals surface area contributed by atoms with E-state index in [1.54, 1.807) is 7.05 Å². The van der Waals surface area contributed by atoms with Crippen molar-refractivity contribution in [1.29, 1.82) is 0 Å². The SMILES string of the molecule is CC(=O)N(Cc1ccc(F)cn1)C1(C(F)(F)F)CN(C)C1. The first kappa shape index (κ1) is 15.7. The maximum atomic E-state index is 13.4. The molecule has 0 spiro atoms. The molecule has 1 saturated heterocycles. The van der Waals surface area contributed by atoms with E-state index in [0.717, 1.165) is 24.1 Å². The summed E-state index contributed by atoms with van der Waals surface area (Å²) in [5.74, 6) is -1.27. The molecule has 1 fully saturated rings. The third-order valence-corrected chi connectivity index (χ3v) is 3.60. The van der Waals surface area contributed by atoms with Crippen LogP contribution in [-0.2, 0) is 11.3 Å². The zero-order valence-electron chi connectivity index (χ0n) is 11.6. The van der Waals surface area contributed by atoms with Crippen LogP contribution in [0.4, 0.5) is 17.6 Å². The van der Waals surface area contributed by atoms with E-state index in [-0.39, 0.29) is 25.3 Å². The van der Waals surface area contributed by atoms with Crippen molar-refractivity contribution >= 4 is 5.91 Å². The van der Waals surface area contributed by atoms with Gasteiger partial charge in [-0.1, -0.05) is 0 Å². The molecule has 8 heteroatoms. The van der Waals surface area contributed by atoms with Crippen LogP contribution in [0.2, 0.25) is 0 Å². The fourth-order valence-corrected chi connectivity index (χ4v) is 2.58. The van der Waals surface area contributed by atoms with E-state index in [4.69, 9.17) is 0 Å². The fraction of sp³-hybridized carbons (Fsp3) is 0.538. The number of alkyl halides is 3. The first-order valence-corrected chi connectivity index (χ1v) is 6.29. The minimum Gasteiger partial charge on any atom is -0.320 e. The Bertz CT molecular complexity index is 523. The molecular weight excluding hydrogens is 290 g/mol. The molecule has 0 N–H and O–H groups in total. The van der Waals surface area contributed by atoms with E-state index < -0.39 is 23.4 Å². The summed E-state index contributed by atoms with van der Waals surface area (Å²) in [6.07, 6.45) is -3.62. The van der Waals surface area contributed by atoms with Gasteiger partial charge in [0.1, 0.15) is 5.82 Å². The second-order valence-electron chi connectivity index (χ2n) is 5.27. The van der Waals surface area contributed by atoms with Gasteiger partial charge >= 0.3 is 6.18 Å². The molecule has 1 aliphatic heterocycles. The van der Waals surface area contributed by atoms with Gasteiger partial charge in [0, 0.05) is 20.0 Å². The van der Waals surface area contributed by atoms with Gasteiger partial charge in [-0.2, -0.15) is 13.2 Å². The zero-order valence-corrected chi connectivity index (χ0v) is 11.6. The first-order valence-electron chi connectivity index (χ1n) is 6.29. The highest BCUT2D eigenvalue weighted by molar-refractivity contribution is 5.74. The summed E-state index contributed by atoms with van der Waals surface area (Å²) in [7, 11) is 1.55. The lowest BCUT2D eigenvalue weighted by Gasteiger charge is -2.54. The maximum Gasteiger partial charge on any atom is 0.414 e. The molecule has 0 aromatic carbocycles. The average molecular weight is 305 g/mol. The minimum absolute atomic E-state index is 0.213. The van der Waals surface area contributed by atoms with E-state index in [0.29, 0.717) is 0 Å². The number of likely N-dealkylation sites (N-methyl/N-ethyl adjacent to an activating group) is 1. The van der Waals surface area contributed by atoms with Crippen molar-refractivity contribution in [3.8, 4) is 0 Å². The van der Waals surface area contributed by atoms with E-state index in [9.17, 15) is 22.4 Å². The molecule has 0 radical (unpaired) electrons. The predicted molar refractivity (Wildman–Crippen MR) is 66.7 cm³/mol. The second kappa shape index (κ2) is 5.25. The fourth-order valence-electron chi connectivity index (χ4n) is 2.58. The molecule has 1 aromatic heterocycles. The summed E-state index contributed by atoms with van der Waals surface area (Å²) in [6, 6.07) is 2.38. The molecule has 1 aliphatic rings. The Morgan fingerprint density at radius 2 is 2.05 bits per heavy atom. The van der Waals surface area contributed by atoms with E-state index in [1.165, 1.54) is 11.0 Å². The molecule has 2 rings (SSSR count). The van der Waals surface area contributed by atoms with Crippen LogP contribution in [0.25, 0.3) is 0 Å². The Labute approximate surface area is 119 Å². The van der Waals surface area contributed by atoms with Gasteiger partial charge in [0.2, 0.25) is 5.91 Å². The van der Waals surface area contributed by atoms with Crippen molar-refractivity contribution in [3.63, 3.8) is 0 Å². The van der Waals surface area contributed by atoms with Crippen molar-refractivity contribution < 1.29 is 22.4 Å². The molecule has 0 saturated carbocycles. The standard InChI is InChI=1S/C13H15F4N3O/c1-9(21)20(6-11-4-3-10(14)5-18-11)12(13(15,16)17)7-19(2)8-12/h3-5H,6-8H2,1-2H3. The van der Waals surface area contributed by atoms with Crippen molar-refractivity contribution in [1.82, 2.24) is 14.8 Å². The van der Waals surface area contributed by atoms with E-state index in [1.807, 2.05) is 0 Å². The quantitative estimate of drug-likeness (QED) is 0.799. The van der Waals surface area contributed by atoms with Gasteiger partial charge in [-0.05, 0) is 19.2 Å². The number of pyridine rings is 1. The molecule has 2 heterocycles. The maximum absolute atomic E-state index is 13.4. The molecule has 1 aromatic rings. The van der Waals surface area contributed by atoms with E-state index in [2.05, 4.69) is 4.98 Å². The summed E-state index contributed by atoms with van der Waals surface area (Å²) in [4.78, 5) is 17.7. The van der Waals surface area contributed by atoms with E-state index >= 15 is 0 Å². The average Bonchev–Trinajstić information content (AvgIpc) is 2.32. The Morgan fingerprint density at radius 3 is 2.43 bits per heavy atom. The Hall–Kier alpha value is -1.70. The predicted octanol–water partition coefficient (Wildman–Crippen LogP) is 1.82. The molecule has 0 aliphatic carbocycles. The van der Waals surface area contributed by atoms with Crippen LogP contribution in [0.3, 0.4) is 0 Å². The van der Waals surface area contributed by atoms with Crippen LogP contribution in [0.1, 0.15) is 12.6 Å². The van der Waals surface area contributed by atoms with Crippen molar-refractivity contribution in [2.24, 2.45) is 0 Å². The number of carbonyl (C=O) groups excluding carboxylic acids is 1. The van der Waals surface area contributed by atoms with Gasteiger partial charge in [-0.25, -0.2) is 4.39 Å². The molecule has 0 atom stereocenters. The monoisotopic (exact) mass is 305 g/mol. The number of nitrogens with zero attached hydrogens (tertiary/aromatic N) is 3. The first-order chi connectivity index (χ1) is 9.65. The normalized spacial score (nSPS) is 18.2. The largest absolute Gasteiger partial charge is 0.414 e. The summed E-state index contributed by atoms with van der Waals surface area (Å²) in [5, 5.41) is 0. The van der Waals surface area contributed by atoms with Gasteiger partial charge < -0.3 is 9.80 Å². The van der Waals surface area contributed by atoms with Crippen LogP contribution in [0, 0.1) is 5.82 Å². The lowest BCUT2D eigenvalue weighted by atomic mass is 9.87. The lowest BCUT2D eigenvalue weighted by molar-refractivity contribution is -0.268. The highest BCUT2D eigenvalue weighted by Gasteiger charge is 2.65. The molecule has 0 unspecified atom stereocenters. The molecule has 4 nitrogen and oxygen atoms in total. The van der Waals surface area contributed by atoms with Crippen molar-refractivity contribution in [3.05, 3.63) is 29.8 Å². The lowest BCUT2D eigenvalue weighted by Crippen LogP contribution is -2.76. The number of amides is 1. The minimum atomic E-state index is -4.54. The zero-order chi connectivity index (χ0) is 15.8. The highest BCUT2D eigenvalue weighted by Crippen LogP contribution is 2.42. The summed E-state index contributed by atoms with van der Waals surface area (Å²) in [5.41, 5.74) is -1.99. The molecule has 21 heavy (non-hydrogen) atoms. The van der Waals surface area contributed by atoms with Crippen LogP contribution in [-0.4, -0.2) is 52.5 Å². The van der Waals surface area contributed by atoms with Crippen LogP contribution < -0.4 is 0 Å². The van der Waals surface area contributed by atoms with Gasteiger partial charge in [-0.3, -0.25) is 9.78 Å². The second-order valence-corrected chi connectivity index (χ2v) is 5.27. The number of likely N-dealkylation sites (tertiary alicyclic amines) is 1. The number of hydrogen-bond acceptors (Lipinski definition) is 3.